The molecule has 0 aliphatic carbocycles. The van der Waals surface area contributed by atoms with Gasteiger partial charge in [-0.1, -0.05) is 23.7 Å². The van der Waals surface area contributed by atoms with Crippen LogP contribution in [0.15, 0.2) is 42.5 Å². The Morgan fingerprint density at radius 2 is 1.95 bits per heavy atom. The number of nitriles is 1. The maximum absolute atomic E-state index is 13.0. The normalized spacial score (nSPS) is 11.5. The summed E-state index contributed by atoms with van der Waals surface area (Å²) in [5, 5.41) is 9.26. The molecule has 0 aliphatic rings. The third-order valence-electron chi connectivity index (χ3n) is 3.04. The highest BCUT2D eigenvalue weighted by molar-refractivity contribution is 6.34. The van der Waals surface area contributed by atoms with Crippen LogP contribution in [0.25, 0.3) is 0 Å². The molecular formula is C16H11ClFNO2. The summed E-state index contributed by atoms with van der Waals surface area (Å²) in [6, 6.07) is 12.0. The Balaban J connectivity index is 2.36. The lowest BCUT2D eigenvalue weighted by molar-refractivity contribution is 0.0979. The molecular weight excluding hydrogens is 293 g/mol. The summed E-state index contributed by atoms with van der Waals surface area (Å²) in [7, 11) is 1.53. The summed E-state index contributed by atoms with van der Waals surface area (Å²) >= 11 is 5.87. The van der Waals surface area contributed by atoms with E-state index in [1.165, 1.54) is 13.2 Å². The third-order valence-corrected chi connectivity index (χ3v) is 3.35. The summed E-state index contributed by atoms with van der Waals surface area (Å²) in [4.78, 5) is 12.4. The number of ether oxygens (including phenoxy) is 1. The van der Waals surface area contributed by atoms with Gasteiger partial charge in [0.1, 0.15) is 17.5 Å². The Labute approximate surface area is 126 Å². The molecule has 0 fully saturated rings. The first-order chi connectivity index (χ1) is 10.1. The quantitative estimate of drug-likeness (QED) is 0.803. The first kappa shape index (κ1) is 15.0. The number of hydrogen-bond donors (Lipinski definition) is 0. The van der Waals surface area contributed by atoms with Crippen LogP contribution in [0.4, 0.5) is 4.39 Å². The van der Waals surface area contributed by atoms with Gasteiger partial charge in [0, 0.05) is 5.56 Å². The van der Waals surface area contributed by atoms with E-state index in [2.05, 4.69) is 0 Å². The molecule has 0 heterocycles. The van der Waals surface area contributed by atoms with Gasteiger partial charge in [-0.05, 0) is 35.9 Å². The fourth-order valence-corrected chi connectivity index (χ4v) is 2.19. The lowest BCUT2D eigenvalue weighted by Crippen LogP contribution is -2.12. The van der Waals surface area contributed by atoms with Crippen LogP contribution in [0.3, 0.4) is 0 Å². The molecule has 2 rings (SSSR count). The smallest absolute Gasteiger partial charge is 0.185 e. The van der Waals surface area contributed by atoms with Crippen molar-refractivity contribution in [3.63, 3.8) is 0 Å². The van der Waals surface area contributed by atoms with Crippen LogP contribution in [0.2, 0.25) is 5.02 Å². The van der Waals surface area contributed by atoms with Crippen LogP contribution in [-0.4, -0.2) is 12.9 Å². The van der Waals surface area contributed by atoms with Crippen molar-refractivity contribution < 1.29 is 13.9 Å². The number of halogens is 2. The van der Waals surface area contributed by atoms with E-state index in [-0.39, 0.29) is 10.6 Å². The second-order valence-corrected chi connectivity index (χ2v) is 4.73. The maximum Gasteiger partial charge on any atom is 0.185 e. The van der Waals surface area contributed by atoms with Crippen molar-refractivity contribution >= 4 is 17.4 Å². The van der Waals surface area contributed by atoms with Crippen LogP contribution in [0.5, 0.6) is 5.75 Å². The van der Waals surface area contributed by atoms with E-state index in [0.29, 0.717) is 11.3 Å². The predicted molar refractivity (Wildman–Crippen MR) is 77.1 cm³/mol. The van der Waals surface area contributed by atoms with Gasteiger partial charge in [-0.25, -0.2) is 4.39 Å². The zero-order chi connectivity index (χ0) is 15.4. The lowest BCUT2D eigenvalue weighted by Gasteiger charge is -2.10. The Hall–Kier alpha value is -2.38. The standard InChI is InChI=1S/C16H11ClFNO2/c1-21-12-5-2-10(3-6-12)14(9-19)16(20)13-7-4-11(18)8-15(13)17/h2-8,14H,1H3. The number of carbonyl (C=O) groups is 1. The summed E-state index contributed by atoms with van der Waals surface area (Å²) in [6.07, 6.45) is 0. The number of nitrogens with zero attached hydrogens (tertiary/aromatic N) is 1. The summed E-state index contributed by atoms with van der Waals surface area (Å²) in [5.74, 6) is -1.37. The molecule has 21 heavy (non-hydrogen) atoms. The van der Waals surface area contributed by atoms with Crippen LogP contribution >= 0.6 is 11.6 Å². The molecule has 0 aliphatic heterocycles. The van der Waals surface area contributed by atoms with Gasteiger partial charge >= 0.3 is 0 Å². The molecule has 0 N–H and O–H groups in total. The average molecular weight is 304 g/mol. The van der Waals surface area contributed by atoms with Crippen LogP contribution < -0.4 is 4.74 Å². The lowest BCUT2D eigenvalue weighted by atomic mass is 9.92. The maximum atomic E-state index is 13.0. The van der Waals surface area contributed by atoms with Crippen molar-refractivity contribution in [1.82, 2.24) is 0 Å². The second kappa shape index (κ2) is 6.38. The van der Waals surface area contributed by atoms with Gasteiger partial charge in [0.15, 0.2) is 5.78 Å². The predicted octanol–water partition coefficient (Wildman–Crippen LogP) is 3.98. The number of carbonyl (C=O) groups excluding carboxylic acids is 1. The first-order valence-electron chi connectivity index (χ1n) is 6.09. The van der Waals surface area contributed by atoms with Crippen LogP contribution in [0.1, 0.15) is 21.8 Å². The molecule has 5 heteroatoms. The van der Waals surface area contributed by atoms with Crippen molar-refractivity contribution in [2.75, 3.05) is 7.11 Å². The zero-order valence-corrected chi connectivity index (χ0v) is 11.9. The Bertz CT molecular complexity index is 707. The number of hydrogen-bond acceptors (Lipinski definition) is 3. The molecule has 106 valence electrons. The highest BCUT2D eigenvalue weighted by atomic mass is 35.5. The van der Waals surface area contributed by atoms with Crippen molar-refractivity contribution in [3.8, 4) is 11.8 Å². The van der Waals surface area contributed by atoms with Gasteiger partial charge in [0.25, 0.3) is 0 Å². The van der Waals surface area contributed by atoms with Crippen molar-refractivity contribution in [3.05, 3.63) is 64.4 Å². The molecule has 1 atom stereocenters. The monoisotopic (exact) mass is 303 g/mol. The molecule has 0 radical (unpaired) electrons. The van der Waals surface area contributed by atoms with E-state index in [9.17, 15) is 14.4 Å². The molecule has 1 unspecified atom stereocenters. The van der Waals surface area contributed by atoms with E-state index >= 15 is 0 Å². The van der Waals surface area contributed by atoms with Gasteiger partial charge in [-0.15, -0.1) is 0 Å². The molecule has 2 aromatic carbocycles. The van der Waals surface area contributed by atoms with E-state index in [4.69, 9.17) is 16.3 Å². The third kappa shape index (κ3) is 3.21. The number of benzene rings is 2. The second-order valence-electron chi connectivity index (χ2n) is 4.32. The number of Topliss-reactive ketones (excluding diaryl/α,β-unsaturated/α-hetero) is 1. The highest BCUT2D eigenvalue weighted by Crippen LogP contribution is 2.26. The van der Waals surface area contributed by atoms with Crippen LogP contribution in [-0.2, 0) is 0 Å². The number of rotatable bonds is 4. The SMILES string of the molecule is COc1ccc(C(C#N)C(=O)c2ccc(F)cc2Cl)cc1. The topological polar surface area (TPSA) is 50.1 Å². The average Bonchev–Trinajstić information content (AvgIpc) is 2.48. The number of methoxy groups -OCH3 is 1. The molecule has 0 saturated carbocycles. The van der Waals surface area contributed by atoms with Gasteiger partial charge in [-0.2, -0.15) is 5.26 Å². The first-order valence-corrected chi connectivity index (χ1v) is 6.47. The number of ketones is 1. The van der Waals surface area contributed by atoms with E-state index < -0.39 is 17.5 Å². The van der Waals surface area contributed by atoms with Gasteiger partial charge in [0.2, 0.25) is 0 Å². The molecule has 0 bridgehead atoms. The molecule has 3 nitrogen and oxygen atoms in total. The van der Waals surface area contributed by atoms with Gasteiger partial charge < -0.3 is 4.74 Å². The van der Waals surface area contributed by atoms with Crippen molar-refractivity contribution in [2.45, 2.75) is 5.92 Å². The van der Waals surface area contributed by atoms with Crippen molar-refractivity contribution in [2.24, 2.45) is 0 Å². The van der Waals surface area contributed by atoms with E-state index in [1.807, 2.05) is 6.07 Å². The minimum absolute atomic E-state index is 0.00578. The Morgan fingerprint density at radius 3 is 2.48 bits per heavy atom. The van der Waals surface area contributed by atoms with E-state index in [0.717, 1.165) is 12.1 Å². The Kier molecular flexibility index (Phi) is 4.56. The van der Waals surface area contributed by atoms with E-state index in [1.54, 1.807) is 24.3 Å². The minimum atomic E-state index is -1.00. The molecule has 0 spiro atoms. The molecule has 0 aromatic heterocycles. The van der Waals surface area contributed by atoms with Crippen LogP contribution in [0, 0.1) is 17.1 Å². The summed E-state index contributed by atoms with van der Waals surface area (Å²) in [6.45, 7) is 0. The fourth-order valence-electron chi connectivity index (χ4n) is 1.93. The largest absolute Gasteiger partial charge is 0.497 e. The van der Waals surface area contributed by atoms with Gasteiger partial charge in [-0.3, -0.25) is 4.79 Å². The Morgan fingerprint density at radius 1 is 1.29 bits per heavy atom. The highest BCUT2D eigenvalue weighted by Gasteiger charge is 2.23. The zero-order valence-electron chi connectivity index (χ0n) is 11.1. The van der Waals surface area contributed by atoms with Gasteiger partial charge in [0.05, 0.1) is 18.2 Å². The molecule has 0 amide bonds. The summed E-state index contributed by atoms with van der Waals surface area (Å²) < 4.78 is 18.1. The molecule has 2 aromatic rings. The minimum Gasteiger partial charge on any atom is -0.497 e. The van der Waals surface area contributed by atoms with Crippen molar-refractivity contribution in [1.29, 1.82) is 5.26 Å². The summed E-state index contributed by atoms with van der Waals surface area (Å²) in [5.41, 5.74) is 0.657. The molecule has 0 saturated heterocycles. The fraction of sp³-hybridized carbons (Fsp3) is 0.125.